The van der Waals surface area contributed by atoms with Crippen LogP contribution in [0.3, 0.4) is 0 Å². The molecule has 2 rings (SSSR count). The highest BCUT2D eigenvalue weighted by Crippen LogP contribution is 2.29. The third kappa shape index (κ3) is 3.04. The summed E-state index contributed by atoms with van der Waals surface area (Å²) in [7, 11) is 0. The lowest BCUT2D eigenvalue weighted by Gasteiger charge is -2.19. The van der Waals surface area contributed by atoms with E-state index in [1.54, 1.807) is 23.5 Å². The molecule has 20 heavy (non-hydrogen) atoms. The summed E-state index contributed by atoms with van der Waals surface area (Å²) in [5, 5.41) is 33.7. The first kappa shape index (κ1) is 14.6. The van der Waals surface area contributed by atoms with Crippen molar-refractivity contribution in [1.82, 2.24) is 0 Å². The maximum Gasteiger partial charge on any atom is 0.364 e. The highest BCUT2D eigenvalue weighted by molar-refractivity contribution is 5.27. The van der Waals surface area contributed by atoms with Crippen LogP contribution in [0.15, 0.2) is 41.7 Å². The summed E-state index contributed by atoms with van der Waals surface area (Å²) in [4.78, 5) is 10.7. The number of benzene rings is 1. The predicted molar refractivity (Wildman–Crippen MR) is 71.8 cm³/mol. The molecule has 0 aliphatic carbocycles. The van der Waals surface area contributed by atoms with Crippen molar-refractivity contribution >= 4 is 0 Å². The minimum atomic E-state index is -2.57. The van der Waals surface area contributed by atoms with E-state index in [4.69, 9.17) is 0 Å². The lowest BCUT2D eigenvalue weighted by Crippen LogP contribution is -2.82. The normalized spacial score (nSPS) is 19.3. The van der Waals surface area contributed by atoms with Crippen molar-refractivity contribution < 1.29 is 20.5 Å². The lowest BCUT2D eigenvalue weighted by molar-refractivity contribution is -0.620. The van der Waals surface area contributed by atoms with E-state index >= 15 is 0 Å². The molecule has 6 nitrogen and oxygen atoms in total. The quantitative estimate of drug-likeness (QED) is 0.425. The Morgan fingerprint density at radius 2 is 1.90 bits per heavy atom. The van der Waals surface area contributed by atoms with Crippen LogP contribution in [0.5, 0.6) is 0 Å². The Bertz CT molecular complexity index is 501. The van der Waals surface area contributed by atoms with Gasteiger partial charge in [-0.15, -0.1) is 0 Å². The Morgan fingerprint density at radius 3 is 2.55 bits per heavy atom. The molecule has 1 saturated heterocycles. The molecular weight excluding hydrogens is 260 g/mol. The number of quaternary nitrogens is 1. The predicted octanol–water partition coefficient (Wildman–Crippen LogP) is 0.450. The van der Waals surface area contributed by atoms with Gasteiger partial charge in [0.05, 0.1) is 11.5 Å². The minimum Gasteiger partial charge on any atom is -0.353 e. The monoisotopic (exact) mass is 279 g/mol. The van der Waals surface area contributed by atoms with Gasteiger partial charge in [0.2, 0.25) is 0 Å². The largest absolute Gasteiger partial charge is 0.364 e. The Kier molecular flexibility index (Phi) is 4.49. The molecule has 1 aliphatic rings. The van der Waals surface area contributed by atoms with Gasteiger partial charge in [0.15, 0.2) is 5.70 Å². The molecule has 6 heteroatoms. The highest BCUT2D eigenvalue weighted by atomic mass is 16.6. The van der Waals surface area contributed by atoms with Crippen LogP contribution in [0, 0.1) is 10.1 Å². The van der Waals surface area contributed by atoms with E-state index in [1.165, 1.54) is 12.1 Å². The number of nitrogens with two attached hydrogens (primary N) is 1. The van der Waals surface area contributed by atoms with Gasteiger partial charge in [0.1, 0.15) is 0 Å². The Hall–Kier alpha value is -1.76. The molecule has 0 spiro atoms. The van der Waals surface area contributed by atoms with Gasteiger partial charge in [0, 0.05) is 12.0 Å². The number of hydrogen-bond donors (Lipinski definition) is 3. The fourth-order valence-corrected chi connectivity index (χ4v) is 2.51. The fraction of sp³-hybridized carbons (Fsp3) is 0.429. The summed E-state index contributed by atoms with van der Waals surface area (Å²) in [6, 6.07) is 7.91. The van der Waals surface area contributed by atoms with Gasteiger partial charge in [0.25, 0.3) is 5.79 Å². The summed E-state index contributed by atoms with van der Waals surface area (Å²) < 4.78 is 0. The molecule has 1 heterocycles. The lowest BCUT2D eigenvalue weighted by atomic mass is 10.00. The molecule has 0 unspecified atom stereocenters. The first-order valence-corrected chi connectivity index (χ1v) is 6.75. The Morgan fingerprint density at radius 1 is 1.20 bits per heavy atom. The minimum absolute atomic E-state index is 0.108. The average Bonchev–Trinajstić information content (AvgIpc) is 2.68. The molecule has 1 aromatic carbocycles. The van der Waals surface area contributed by atoms with Crippen LogP contribution in [-0.2, 0) is 5.79 Å². The first-order valence-electron chi connectivity index (χ1n) is 6.75. The van der Waals surface area contributed by atoms with Gasteiger partial charge in [-0.3, -0.25) is 10.1 Å². The number of allylic oxidation sites excluding steroid dienone is 1. The van der Waals surface area contributed by atoms with E-state index in [2.05, 4.69) is 0 Å². The smallest absolute Gasteiger partial charge is 0.353 e. The van der Waals surface area contributed by atoms with Crippen molar-refractivity contribution in [2.24, 2.45) is 0 Å². The molecule has 0 bridgehead atoms. The van der Waals surface area contributed by atoms with Gasteiger partial charge in [-0.1, -0.05) is 30.3 Å². The molecule has 1 aliphatic heterocycles. The van der Waals surface area contributed by atoms with Gasteiger partial charge in [-0.25, -0.2) is 0 Å². The van der Waals surface area contributed by atoms with E-state index in [1.807, 2.05) is 0 Å². The van der Waals surface area contributed by atoms with Crippen LogP contribution in [-0.4, -0.2) is 21.7 Å². The maximum absolute atomic E-state index is 11.3. The molecular formula is C14H19N2O4+. The molecule has 1 fully saturated rings. The number of nitro groups is 1. The van der Waals surface area contributed by atoms with E-state index in [0.29, 0.717) is 12.1 Å². The standard InChI is InChI=1S/C14H18N2O4/c17-14(18,11-7-3-1-4-8-11)13(16(19)20)12-9-5-2-6-10-15-12/h1,3-4,7-8,15,17-18H,2,5-6,9-10H2/p+1/b13-12+. The van der Waals surface area contributed by atoms with Crippen LogP contribution >= 0.6 is 0 Å². The summed E-state index contributed by atoms with van der Waals surface area (Å²) >= 11 is 0. The van der Waals surface area contributed by atoms with Crippen molar-refractivity contribution in [1.29, 1.82) is 0 Å². The topological polar surface area (TPSA) is 100 Å². The maximum atomic E-state index is 11.3. The summed E-state index contributed by atoms with van der Waals surface area (Å²) in [5.74, 6) is -2.57. The molecule has 108 valence electrons. The second-order valence-corrected chi connectivity index (χ2v) is 4.97. The first-order chi connectivity index (χ1) is 9.53. The summed E-state index contributed by atoms with van der Waals surface area (Å²) in [6.45, 7) is 0.734. The molecule has 0 aromatic heterocycles. The van der Waals surface area contributed by atoms with E-state index in [0.717, 1.165) is 25.8 Å². The number of hydrogen-bond acceptors (Lipinski definition) is 4. The third-order valence-electron chi connectivity index (χ3n) is 3.53. The van der Waals surface area contributed by atoms with Crippen molar-refractivity contribution in [2.45, 2.75) is 31.5 Å². The zero-order chi connectivity index (χ0) is 14.6. The average molecular weight is 279 g/mol. The van der Waals surface area contributed by atoms with E-state index < -0.39 is 16.4 Å². The van der Waals surface area contributed by atoms with Gasteiger partial charge in [-0.2, -0.15) is 0 Å². The van der Waals surface area contributed by atoms with E-state index in [9.17, 15) is 20.3 Å². The zero-order valence-electron chi connectivity index (χ0n) is 11.2. The van der Waals surface area contributed by atoms with Crippen LogP contribution < -0.4 is 5.32 Å². The number of rotatable bonds is 3. The van der Waals surface area contributed by atoms with Crippen LogP contribution in [0.1, 0.15) is 31.2 Å². The van der Waals surface area contributed by atoms with Crippen LogP contribution in [0.25, 0.3) is 0 Å². The van der Waals surface area contributed by atoms with E-state index in [-0.39, 0.29) is 5.56 Å². The van der Waals surface area contributed by atoms with Crippen molar-refractivity contribution in [3.8, 4) is 0 Å². The van der Waals surface area contributed by atoms with Crippen molar-refractivity contribution in [2.75, 3.05) is 6.54 Å². The van der Waals surface area contributed by atoms with Crippen LogP contribution in [0.2, 0.25) is 0 Å². The summed E-state index contributed by atoms with van der Waals surface area (Å²) in [5.41, 5.74) is 0.0174. The SMILES string of the molecule is O=[N+]([O-])/C(=C1\CCCCC[NH2+]1)C(O)(O)c1ccccc1. The third-order valence-corrected chi connectivity index (χ3v) is 3.53. The second kappa shape index (κ2) is 6.13. The number of nitrogens with zero attached hydrogens (tertiary/aromatic N) is 1. The molecule has 0 saturated carbocycles. The molecule has 1 aromatic rings. The molecule has 0 radical (unpaired) electrons. The fourth-order valence-electron chi connectivity index (χ4n) is 2.51. The Labute approximate surface area is 116 Å². The summed E-state index contributed by atoms with van der Waals surface area (Å²) in [6.07, 6.45) is 3.31. The van der Waals surface area contributed by atoms with Crippen molar-refractivity contribution in [3.05, 3.63) is 57.4 Å². The number of aliphatic hydroxyl groups is 2. The molecule has 0 amide bonds. The Balaban J connectivity index is 2.47. The van der Waals surface area contributed by atoms with Crippen molar-refractivity contribution in [3.63, 3.8) is 0 Å². The van der Waals surface area contributed by atoms with Crippen LogP contribution in [0.4, 0.5) is 0 Å². The zero-order valence-corrected chi connectivity index (χ0v) is 11.2. The van der Waals surface area contributed by atoms with Gasteiger partial charge < -0.3 is 15.5 Å². The molecule has 4 N–H and O–H groups in total. The highest BCUT2D eigenvalue weighted by Gasteiger charge is 2.45. The van der Waals surface area contributed by atoms with Gasteiger partial charge in [-0.05, 0) is 19.3 Å². The molecule has 0 atom stereocenters. The van der Waals surface area contributed by atoms with Gasteiger partial charge >= 0.3 is 5.70 Å². The second-order valence-electron chi connectivity index (χ2n) is 4.97.